The van der Waals surface area contributed by atoms with Gasteiger partial charge in [0.25, 0.3) is 0 Å². The predicted octanol–water partition coefficient (Wildman–Crippen LogP) is 1.56. The van der Waals surface area contributed by atoms with E-state index in [1.54, 1.807) is 0 Å². The van der Waals surface area contributed by atoms with Crippen LogP contribution in [0.3, 0.4) is 0 Å². The highest BCUT2D eigenvalue weighted by atomic mass is 15.2. The molecule has 19 heavy (non-hydrogen) atoms. The molecule has 1 fully saturated rings. The molecule has 0 amide bonds. The quantitative estimate of drug-likeness (QED) is 0.876. The molecule has 0 bridgehead atoms. The topological polar surface area (TPSA) is 69.7 Å². The average Bonchev–Trinajstić information content (AvgIpc) is 2.81. The summed E-state index contributed by atoms with van der Waals surface area (Å²) in [4.78, 5) is 11.3. The molecule has 0 radical (unpaired) electrons. The lowest BCUT2D eigenvalue weighted by atomic mass is 10.1. The van der Waals surface area contributed by atoms with Gasteiger partial charge in [-0.1, -0.05) is 6.92 Å². The molecule has 6 nitrogen and oxygen atoms in total. The van der Waals surface area contributed by atoms with E-state index in [-0.39, 0.29) is 0 Å². The minimum absolute atomic E-state index is 0.476. The zero-order chi connectivity index (χ0) is 13.2. The minimum Gasteiger partial charge on any atom is -0.351 e. The summed E-state index contributed by atoms with van der Waals surface area (Å²) in [5.41, 5.74) is 1.75. The third-order valence-electron chi connectivity index (χ3n) is 3.88. The second-order valence-electron chi connectivity index (χ2n) is 5.12. The summed E-state index contributed by atoms with van der Waals surface area (Å²) in [6, 6.07) is 0.476. The first kappa shape index (κ1) is 12.3. The Morgan fingerprint density at radius 3 is 2.95 bits per heavy atom. The second-order valence-corrected chi connectivity index (χ2v) is 5.12. The molecule has 0 atom stereocenters. The van der Waals surface area contributed by atoms with Gasteiger partial charge in [0, 0.05) is 25.3 Å². The number of aryl methyl sites for hydroxylation is 1. The van der Waals surface area contributed by atoms with Crippen molar-refractivity contribution in [1.82, 2.24) is 25.1 Å². The number of aromatic amines is 1. The standard InChI is InChI=1S/C13H20N6/c1-3-19-6-4-10(5-7-19)15-13-14-8-11-9(2)17-18-12(11)16-13/h8,10H,3-7H2,1-2H3,(H2,14,15,16,17,18). The van der Waals surface area contributed by atoms with Crippen LogP contribution in [0.2, 0.25) is 0 Å². The maximum Gasteiger partial charge on any atom is 0.224 e. The van der Waals surface area contributed by atoms with Crippen molar-refractivity contribution < 1.29 is 0 Å². The highest BCUT2D eigenvalue weighted by molar-refractivity contribution is 5.77. The number of hydrogen-bond acceptors (Lipinski definition) is 5. The molecule has 1 saturated heterocycles. The fraction of sp³-hybridized carbons (Fsp3) is 0.615. The molecule has 0 saturated carbocycles. The monoisotopic (exact) mass is 260 g/mol. The molecule has 0 spiro atoms. The van der Waals surface area contributed by atoms with Crippen LogP contribution < -0.4 is 5.32 Å². The molecule has 3 rings (SSSR count). The number of rotatable bonds is 3. The van der Waals surface area contributed by atoms with Crippen LogP contribution in [-0.4, -0.2) is 50.7 Å². The van der Waals surface area contributed by atoms with Crippen molar-refractivity contribution in [2.24, 2.45) is 0 Å². The maximum absolute atomic E-state index is 4.48. The highest BCUT2D eigenvalue weighted by Gasteiger charge is 2.18. The van der Waals surface area contributed by atoms with Gasteiger partial charge in [-0.3, -0.25) is 5.10 Å². The van der Waals surface area contributed by atoms with E-state index < -0.39 is 0 Å². The van der Waals surface area contributed by atoms with E-state index in [1.807, 2.05) is 13.1 Å². The van der Waals surface area contributed by atoms with E-state index in [0.29, 0.717) is 12.0 Å². The van der Waals surface area contributed by atoms with Gasteiger partial charge >= 0.3 is 0 Å². The second kappa shape index (κ2) is 5.13. The lowest BCUT2D eigenvalue weighted by molar-refractivity contribution is 0.229. The Bertz CT molecular complexity index is 555. The summed E-state index contributed by atoms with van der Waals surface area (Å²) in [6.45, 7) is 7.61. The lowest BCUT2D eigenvalue weighted by Gasteiger charge is -2.31. The molecule has 0 aromatic carbocycles. The summed E-state index contributed by atoms with van der Waals surface area (Å²) < 4.78 is 0. The maximum atomic E-state index is 4.48. The van der Waals surface area contributed by atoms with Gasteiger partial charge in [-0.15, -0.1) is 0 Å². The van der Waals surface area contributed by atoms with Crippen molar-refractivity contribution in [3.8, 4) is 0 Å². The van der Waals surface area contributed by atoms with Crippen LogP contribution in [0.15, 0.2) is 6.20 Å². The smallest absolute Gasteiger partial charge is 0.224 e. The number of H-pyrrole nitrogens is 1. The summed E-state index contributed by atoms with van der Waals surface area (Å²) >= 11 is 0. The molecule has 2 aromatic rings. The van der Waals surface area contributed by atoms with Crippen LogP contribution in [-0.2, 0) is 0 Å². The van der Waals surface area contributed by atoms with Crippen LogP contribution in [0.1, 0.15) is 25.5 Å². The van der Waals surface area contributed by atoms with Gasteiger partial charge in [-0.2, -0.15) is 10.1 Å². The number of hydrogen-bond donors (Lipinski definition) is 2. The van der Waals surface area contributed by atoms with Gasteiger partial charge in [-0.25, -0.2) is 4.98 Å². The van der Waals surface area contributed by atoms with Crippen LogP contribution >= 0.6 is 0 Å². The molecule has 2 N–H and O–H groups in total. The summed E-state index contributed by atoms with van der Waals surface area (Å²) in [7, 11) is 0. The third-order valence-corrected chi connectivity index (χ3v) is 3.88. The number of likely N-dealkylation sites (tertiary alicyclic amines) is 1. The molecule has 6 heteroatoms. The van der Waals surface area contributed by atoms with Crippen LogP contribution in [0, 0.1) is 6.92 Å². The lowest BCUT2D eigenvalue weighted by Crippen LogP contribution is -2.39. The molecular formula is C13H20N6. The fourth-order valence-electron chi connectivity index (χ4n) is 2.57. The zero-order valence-corrected chi connectivity index (χ0v) is 11.5. The number of aromatic nitrogens is 4. The summed E-state index contributed by atoms with van der Waals surface area (Å²) in [6.07, 6.45) is 4.14. The Balaban J connectivity index is 1.68. The molecule has 102 valence electrons. The molecule has 3 heterocycles. The van der Waals surface area contributed by atoms with Crippen LogP contribution in [0.25, 0.3) is 11.0 Å². The first-order valence-electron chi connectivity index (χ1n) is 6.93. The van der Waals surface area contributed by atoms with E-state index in [1.165, 1.54) is 0 Å². The third kappa shape index (κ3) is 2.53. The normalized spacial score (nSPS) is 18.0. The van der Waals surface area contributed by atoms with Gasteiger partial charge in [-0.05, 0) is 26.3 Å². The SMILES string of the molecule is CCN1CCC(Nc2ncc3c(C)n[nH]c3n2)CC1. The minimum atomic E-state index is 0.476. The van der Waals surface area contributed by atoms with Crippen molar-refractivity contribution in [2.75, 3.05) is 25.0 Å². The Morgan fingerprint density at radius 1 is 1.42 bits per heavy atom. The molecule has 0 aliphatic carbocycles. The Morgan fingerprint density at radius 2 is 2.21 bits per heavy atom. The Kier molecular flexibility index (Phi) is 3.33. The number of piperidine rings is 1. The molecule has 2 aromatic heterocycles. The van der Waals surface area contributed by atoms with E-state index in [2.05, 4.69) is 37.3 Å². The Labute approximate surface area is 112 Å². The van der Waals surface area contributed by atoms with Gasteiger partial charge in [0.05, 0.1) is 11.1 Å². The van der Waals surface area contributed by atoms with Gasteiger partial charge in [0.2, 0.25) is 5.95 Å². The summed E-state index contributed by atoms with van der Waals surface area (Å²) in [5, 5.41) is 11.5. The van der Waals surface area contributed by atoms with Crippen molar-refractivity contribution in [3.63, 3.8) is 0 Å². The number of nitrogens with zero attached hydrogens (tertiary/aromatic N) is 4. The Hall–Kier alpha value is -1.69. The van der Waals surface area contributed by atoms with Crippen molar-refractivity contribution in [3.05, 3.63) is 11.9 Å². The van der Waals surface area contributed by atoms with E-state index in [0.717, 1.165) is 49.2 Å². The molecule has 1 aliphatic rings. The van der Waals surface area contributed by atoms with Crippen molar-refractivity contribution in [1.29, 1.82) is 0 Å². The number of nitrogens with one attached hydrogen (secondary N) is 2. The zero-order valence-electron chi connectivity index (χ0n) is 11.5. The first-order chi connectivity index (χ1) is 9.26. The number of fused-ring (bicyclic) bond motifs is 1. The van der Waals surface area contributed by atoms with E-state index in [9.17, 15) is 0 Å². The van der Waals surface area contributed by atoms with Crippen molar-refractivity contribution in [2.45, 2.75) is 32.7 Å². The van der Waals surface area contributed by atoms with E-state index in [4.69, 9.17) is 0 Å². The first-order valence-corrected chi connectivity index (χ1v) is 6.93. The van der Waals surface area contributed by atoms with Crippen LogP contribution in [0.4, 0.5) is 5.95 Å². The predicted molar refractivity (Wildman–Crippen MR) is 75.2 cm³/mol. The van der Waals surface area contributed by atoms with E-state index >= 15 is 0 Å². The molecule has 1 aliphatic heterocycles. The molecular weight excluding hydrogens is 240 g/mol. The van der Waals surface area contributed by atoms with Gasteiger partial charge < -0.3 is 10.2 Å². The van der Waals surface area contributed by atoms with Gasteiger partial charge in [0.1, 0.15) is 0 Å². The average molecular weight is 260 g/mol. The van der Waals surface area contributed by atoms with Crippen molar-refractivity contribution >= 4 is 17.0 Å². The molecule has 0 unspecified atom stereocenters. The highest BCUT2D eigenvalue weighted by Crippen LogP contribution is 2.17. The largest absolute Gasteiger partial charge is 0.351 e. The summed E-state index contributed by atoms with van der Waals surface area (Å²) in [5.74, 6) is 0.700. The number of anilines is 1. The fourth-order valence-corrected chi connectivity index (χ4v) is 2.57. The van der Waals surface area contributed by atoms with Crippen LogP contribution in [0.5, 0.6) is 0 Å². The van der Waals surface area contributed by atoms with Gasteiger partial charge in [0.15, 0.2) is 5.65 Å².